The van der Waals surface area contributed by atoms with E-state index in [4.69, 9.17) is 9.47 Å². The van der Waals surface area contributed by atoms with E-state index in [1.807, 2.05) is 0 Å². The van der Waals surface area contributed by atoms with Crippen LogP contribution in [0.3, 0.4) is 0 Å². The Labute approximate surface area is 104 Å². The average Bonchev–Trinajstić information content (AvgIpc) is 2.82. The highest BCUT2D eigenvalue weighted by Crippen LogP contribution is 2.16. The summed E-state index contributed by atoms with van der Waals surface area (Å²) in [6.07, 6.45) is 6.13. The molecule has 1 aliphatic rings. The van der Waals surface area contributed by atoms with Gasteiger partial charge in [0, 0.05) is 6.61 Å². The van der Waals surface area contributed by atoms with E-state index in [1.54, 1.807) is 0 Å². The molecule has 17 heavy (non-hydrogen) atoms. The number of methoxy groups -OCH3 is 1. The van der Waals surface area contributed by atoms with E-state index in [0.717, 1.165) is 39.0 Å². The molecule has 0 spiro atoms. The maximum Gasteiger partial charge on any atom is 0.319 e. The van der Waals surface area contributed by atoms with Crippen molar-refractivity contribution in [2.75, 3.05) is 33.4 Å². The van der Waals surface area contributed by atoms with Gasteiger partial charge in [0.1, 0.15) is 0 Å². The van der Waals surface area contributed by atoms with Gasteiger partial charge in [-0.25, -0.2) is 0 Å². The van der Waals surface area contributed by atoms with Crippen molar-refractivity contribution in [3.8, 4) is 0 Å². The van der Waals surface area contributed by atoms with E-state index in [0.29, 0.717) is 12.6 Å². The molecular formula is C13H25NO3. The molecule has 0 aromatic carbocycles. The number of hydrogen-bond acceptors (Lipinski definition) is 4. The summed E-state index contributed by atoms with van der Waals surface area (Å²) in [4.78, 5) is 13.4. The van der Waals surface area contributed by atoms with Gasteiger partial charge >= 0.3 is 5.97 Å². The fourth-order valence-electron chi connectivity index (χ4n) is 2.25. The average molecular weight is 243 g/mol. The smallest absolute Gasteiger partial charge is 0.319 e. The molecule has 4 nitrogen and oxygen atoms in total. The summed E-state index contributed by atoms with van der Waals surface area (Å²) in [5, 5.41) is 0. The molecule has 1 unspecified atom stereocenters. The lowest BCUT2D eigenvalue weighted by Gasteiger charge is -2.20. The Morgan fingerprint density at radius 1 is 1.47 bits per heavy atom. The van der Waals surface area contributed by atoms with Crippen LogP contribution >= 0.6 is 0 Å². The van der Waals surface area contributed by atoms with Gasteiger partial charge in [-0.05, 0) is 45.2 Å². The standard InChI is InChI=1S/C13H25NO3/c1-3-8-14(11-13(15)16-2)9-4-6-12-7-5-10-17-12/h12H,3-11H2,1-2H3. The Kier molecular flexibility index (Phi) is 7.21. The Bertz CT molecular complexity index is 215. The molecule has 0 aromatic rings. The van der Waals surface area contributed by atoms with Crippen molar-refractivity contribution in [1.29, 1.82) is 0 Å². The number of esters is 1. The van der Waals surface area contributed by atoms with E-state index in [1.165, 1.54) is 20.0 Å². The molecule has 1 fully saturated rings. The monoisotopic (exact) mass is 243 g/mol. The van der Waals surface area contributed by atoms with Gasteiger partial charge in [-0.2, -0.15) is 0 Å². The zero-order valence-corrected chi connectivity index (χ0v) is 11.1. The first-order valence-corrected chi connectivity index (χ1v) is 6.67. The molecule has 0 radical (unpaired) electrons. The van der Waals surface area contributed by atoms with Gasteiger partial charge in [-0.1, -0.05) is 6.92 Å². The third-order valence-corrected chi connectivity index (χ3v) is 3.14. The SMILES string of the molecule is CCCN(CCCC1CCCO1)CC(=O)OC. The molecule has 1 heterocycles. The lowest BCUT2D eigenvalue weighted by Crippen LogP contribution is -2.32. The number of carbonyl (C=O) groups is 1. The predicted octanol–water partition coefficient (Wildman–Crippen LogP) is 1.83. The highest BCUT2D eigenvalue weighted by atomic mass is 16.5. The quantitative estimate of drug-likeness (QED) is 0.610. The highest BCUT2D eigenvalue weighted by molar-refractivity contribution is 5.71. The second-order valence-electron chi connectivity index (χ2n) is 4.63. The summed E-state index contributed by atoms with van der Waals surface area (Å²) in [7, 11) is 1.44. The summed E-state index contributed by atoms with van der Waals surface area (Å²) in [5.41, 5.74) is 0. The molecule has 1 atom stereocenters. The molecule has 4 heteroatoms. The van der Waals surface area contributed by atoms with Crippen molar-refractivity contribution in [3.05, 3.63) is 0 Å². The zero-order valence-electron chi connectivity index (χ0n) is 11.1. The summed E-state index contributed by atoms with van der Waals surface area (Å²) in [6, 6.07) is 0. The van der Waals surface area contributed by atoms with Crippen LogP contribution in [0, 0.1) is 0 Å². The first kappa shape index (κ1) is 14.5. The molecule has 0 amide bonds. The summed E-state index contributed by atoms with van der Waals surface area (Å²) < 4.78 is 10.3. The van der Waals surface area contributed by atoms with Crippen molar-refractivity contribution in [3.63, 3.8) is 0 Å². The summed E-state index contributed by atoms with van der Waals surface area (Å²) >= 11 is 0. The van der Waals surface area contributed by atoms with Crippen LogP contribution in [0.1, 0.15) is 39.0 Å². The van der Waals surface area contributed by atoms with E-state index >= 15 is 0 Å². The van der Waals surface area contributed by atoms with E-state index in [2.05, 4.69) is 11.8 Å². The summed E-state index contributed by atoms with van der Waals surface area (Å²) in [6.45, 7) is 5.38. The molecular weight excluding hydrogens is 218 g/mol. The fourth-order valence-corrected chi connectivity index (χ4v) is 2.25. The number of ether oxygens (including phenoxy) is 2. The van der Waals surface area contributed by atoms with Crippen molar-refractivity contribution in [2.45, 2.75) is 45.1 Å². The second kappa shape index (κ2) is 8.48. The predicted molar refractivity (Wildman–Crippen MR) is 67.0 cm³/mol. The normalized spacial score (nSPS) is 19.8. The van der Waals surface area contributed by atoms with Crippen LogP contribution in [-0.2, 0) is 14.3 Å². The molecule has 1 aliphatic heterocycles. The number of hydrogen-bond donors (Lipinski definition) is 0. The van der Waals surface area contributed by atoms with Crippen molar-refractivity contribution < 1.29 is 14.3 Å². The van der Waals surface area contributed by atoms with Gasteiger partial charge in [-0.15, -0.1) is 0 Å². The molecule has 0 aromatic heterocycles. The van der Waals surface area contributed by atoms with Crippen LogP contribution in [0.25, 0.3) is 0 Å². The van der Waals surface area contributed by atoms with Crippen LogP contribution in [-0.4, -0.2) is 50.3 Å². The van der Waals surface area contributed by atoms with Crippen LogP contribution in [0.15, 0.2) is 0 Å². The minimum absolute atomic E-state index is 0.143. The molecule has 0 bridgehead atoms. The maximum absolute atomic E-state index is 11.2. The maximum atomic E-state index is 11.2. The van der Waals surface area contributed by atoms with Gasteiger partial charge in [0.25, 0.3) is 0 Å². The van der Waals surface area contributed by atoms with E-state index < -0.39 is 0 Å². The van der Waals surface area contributed by atoms with Crippen molar-refractivity contribution in [2.24, 2.45) is 0 Å². The van der Waals surface area contributed by atoms with Gasteiger partial charge < -0.3 is 9.47 Å². The minimum Gasteiger partial charge on any atom is -0.468 e. The van der Waals surface area contributed by atoms with Crippen LogP contribution in [0.2, 0.25) is 0 Å². The molecule has 1 rings (SSSR count). The number of rotatable bonds is 8. The van der Waals surface area contributed by atoms with Gasteiger partial charge in [-0.3, -0.25) is 9.69 Å². The third kappa shape index (κ3) is 6.03. The molecule has 100 valence electrons. The van der Waals surface area contributed by atoms with Crippen LogP contribution in [0.4, 0.5) is 0 Å². The van der Waals surface area contributed by atoms with E-state index in [9.17, 15) is 4.79 Å². The van der Waals surface area contributed by atoms with Crippen LogP contribution < -0.4 is 0 Å². The zero-order chi connectivity index (χ0) is 12.5. The summed E-state index contributed by atoms with van der Waals surface area (Å²) in [5.74, 6) is -0.143. The van der Waals surface area contributed by atoms with Crippen molar-refractivity contribution >= 4 is 5.97 Å². The number of nitrogens with zero attached hydrogens (tertiary/aromatic N) is 1. The first-order chi connectivity index (χ1) is 8.26. The fraction of sp³-hybridized carbons (Fsp3) is 0.923. The van der Waals surface area contributed by atoms with Crippen molar-refractivity contribution in [1.82, 2.24) is 4.90 Å². The van der Waals surface area contributed by atoms with Gasteiger partial charge in [0.2, 0.25) is 0 Å². The van der Waals surface area contributed by atoms with Gasteiger partial charge in [0.15, 0.2) is 0 Å². The Hall–Kier alpha value is -0.610. The minimum atomic E-state index is -0.143. The Morgan fingerprint density at radius 3 is 2.88 bits per heavy atom. The first-order valence-electron chi connectivity index (χ1n) is 6.67. The third-order valence-electron chi connectivity index (χ3n) is 3.14. The van der Waals surface area contributed by atoms with E-state index in [-0.39, 0.29) is 5.97 Å². The largest absolute Gasteiger partial charge is 0.468 e. The Balaban J connectivity index is 2.16. The van der Waals surface area contributed by atoms with Gasteiger partial charge in [0.05, 0.1) is 19.8 Å². The molecule has 0 saturated carbocycles. The molecule has 0 aliphatic carbocycles. The number of carbonyl (C=O) groups excluding carboxylic acids is 1. The Morgan fingerprint density at radius 2 is 2.29 bits per heavy atom. The lowest BCUT2D eigenvalue weighted by molar-refractivity contribution is -0.141. The van der Waals surface area contributed by atoms with Crippen LogP contribution in [0.5, 0.6) is 0 Å². The molecule has 0 N–H and O–H groups in total. The second-order valence-corrected chi connectivity index (χ2v) is 4.63. The highest BCUT2D eigenvalue weighted by Gasteiger charge is 2.16. The topological polar surface area (TPSA) is 38.8 Å². The molecule has 1 saturated heterocycles. The lowest BCUT2D eigenvalue weighted by atomic mass is 10.1.